The van der Waals surface area contributed by atoms with E-state index >= 15 is 0 Å². The van der Waals surface area contributed by atoms with Gasteiger partial charge in [-0.3, -0.25) is 19.3 Å². The van der Waals surface area contributed by atoms with E-state index in [0.29, 0.717) is 51.3 Å². The van der Waals surface area contributed by atoms with Gasteiger partial charge < -0.3 is 14.4 Å². The summed E-state index contributed by atoms with van der Waals surface area (Å²) in [4.78, 5) is 41.4. The van der Waals surface area contributed by atoms with E-state index < -0.39 is 11.1 Å². The lowest BCUT2D eigenvalue weighted by atomic mass is 10.1. The summed E-state index contributed by atoms with van der Waals surface area (Å²) >= 11 is 16.6. The lowest BCUT2D eigenvalue weighted by Crippen LogP contribution is -2.42. The van der Waals surface area contributed by atoms with Crippen LogP contribution in [0.3, 0.4) is 0 Å². The SMILES string of the molecule is CCOc1cc(C=C2SC(=O)N(CC(=O)N3CCCCCC3)C2=O)cc(Br)c1OCc1ccc(Cl)cc1Cl. The van der Waals surface area contributed by atoms with Gasteiger partial charge in [-0.2, -0.15) is 0 Å². The average Bonchev–Trinajstić information content (AvgIpc) is 3.05. The molecule has 4 rings (SSSR count). The first-order chi connectivity index (χ1) is 18.3. The van der Waals surface area contributed by atoms with Crippen LogP contribution >= 0.6 is 50.9 Å². The zero-order chi connectivity index (χ0) is 27.2. The number of hydrogen-bond donors (Lipinski definition) is 0. The molecule has 38 heavy (non-hydrogen) atoms. The summed E-state index contributed by atoms with van der Waals surface area (Å²) in [6.07, 6.45) is 5.68. The Morgan fingerprint density at radius 1 is 1.08 bits per heavy atom. The predicted molar refractivity (Wildman–Crippen MR) is 154 cm³/mol. The number of carbonyl (C=O) groups is 3. The number of halogens is 3. The highest BCUT2D eigenvalue weighted by Gasteiger charge is 2.37. The van der Waals surface area contributed by atoms with Crippen LogP contribution in [0.1, 0.15) is 43.7 Å². The third-order valence-corrected chi connectivity index (χ3v) is 8.23. The summed E-state index contributed by atoms with van der Waals surface area (Å²) in [5, 5.41) is 0.580. The summed E-state index contributed by atoms with van der Waals surface area (Å²) in [5.41, 5.74) is 1.40. The number of thioether (sulfide) groups is 1. The van der Waals surface area contributed by atoms with Crippen molar-refractivity contribution in [2.24, 2.45) is 0 Å². The van der Waals surface area contributed by atoms with Gasteiger partial charge in [0.25, 0.3) is 11.1 Å². The lowest BCUT2D eigenvalue weighted by molar-refractivity contribution is -0.135. The van der Waals surface area contributed by atoms with Crippen LogP contribution in [-0.2, 0) is 16.2 Å². The first-order valence-corrected chi connectivity index (χ1v) is 14.7. The third kappa shape index (κ3) is 7.05. The van der Waals surface area contributed by atoms with Gasteiger partial charge in [0.1, 0.15) is 13.2 Å². The summed E-state index contributed by atoms with van der Waals surface area (Å²) < 4.78 is 12.4. The monoisotopic (exact) mass is 640 g/mol. The maximum Gasteiger partial charge on any atom is 0.294 e. The molecule has 202 valence electrons. The number of amides is 3. The highest BCUT2D eigenvalue weighted by molar-refractivity contribution is 9.10. The molecule has 11 heteroatoms. The Labute approximate surface area is 244 Å². The second-order valence-corrected chi connectivity index (χ2v) is 11.5. The van der Waals surface area contributed by atoms with E-state index in [1.165, 1.54) is 0 Å². The lowest BCUT2D eigenvalue weighted by Gasteiger charge is -2.22. The van der Waals surface area contributed by atoms with Crippen LogP contribution in [0.2, 0.25) is 10.0 Å². The summed E-state index contributed by atoms with van der Waals surface area (Å²) in [7, 11) is 0. The van der Waals surface area contributed by atoms with Crippen molar-refractivity contribution in [2.75, 3.05) is 26.2 Å². The van der Waals surface area contributed by atoms with E-state index in [-0.39, 0.29) is 24.0 Å². The first-order valence-electron chi connectivity index (χ1n) is 12.3. The largest absolute Gasteiger partial charge is 0.490 e. The van der Waals surface area contributed by atoms with Crippen molar-refractivity contribution >= 4 is 74.0 Å². The van der Waals surface area contributed by atoms with E-state index in [2.05, 4.69) is 15.9 Å². The fraction of sp³-hybridized carbons (Fsp3) is 0.370. The molecule has 2 fully saturated rings. The minimum atomic E-state index is -0.477. The van der Waals surface area contributed by atoms with Gasteiger partial charge in [0.15, 0.2) is 11.5 Å². The van der Waals surface area contributed by atoms with Gasteiger partial charge in [0.2, 0.25) is 5.91 Å². The molecule has 0 aliphatic carbocycles. The maximum atomic E-state index is 13.0. The van der Waals surface area contributed by atoms with E-state index in [9.17, 15) is 14.4 Å². The van der Waals surface area contributed by atoms with Crippen LogP contribution in [-0.4, -0.2) is 53.1 Å². The normalized spacial score (nSPS) is 17.2. The maximum absolute atomic E-state index is 13.0. The quantitative estimate of drug-likeness (QED) is 0.284. The zero-order valence-electron chi connectivity index (χ0n) is 20.8. The fourth-order valence-electron chi connectivity index (χ4n) is 4.21. The number of ether oxygens (including phenoxy) is 2. The van der Waals surface area contributed by atoms with Gasteiger partial charge in [-0.05, 0) is 83.4 Å². The molecular formula is C27H27BrCl2N2O5S. The topological polar surface area (TPSA) is 76.2 Å². The van der Waals surface area contributed by atoms with Gasteiger partial charge in [-0.15, -0.1) is 0 Å². The molecular weight excluding hydrogens is 615 g/mol. The number of rotatable bonds is 8. The van der Waals surface area contributed by atoms with Crippen molar-refractivity contribution in [2.45, 2.75) is 39.2 Å². The van der Waals surface area contributed by atoms with Crippen molar-refractivity contribution in [3.63, 3.8) is 0 Å². The highest BCUT2D eigenvalue weighted by Crippen LogP contribution is 2.40. The highest BCUT2D eigenvalue weighted by atomic mass is 79.9. The summed E-state index contributed by atoms with van der Waals surface area (Å²) in [6.45, 7) is 3.53. The molecule has 2 heterocycles. The Bertz CT molecular complexity index is 1260. The molecule has 2 aliphatic heterocycles. The fourth-order valence-corrected chi connectivity index (χ4v) is 6.08. The molecule has 0 unspecified atom stereocenters. The molecule has 7 nitrogen and oxygen atoms in total. The molecule has 2 aliphatic rings. The molecule has 2 aromatic carbocycles. The van der Waals surface area contributed by atoms with E-state index in [0.717, 1.165) is 47.9 Å². The van der Waals surface area contributed by atoms with Gasteiger partial charge >= 0.3 is 0 Å². The van der Waals surface area contributed by atoms with Gasteiger partial charge in [0.05, 0.1) is 16.0 Å². The molecule has 0 N–H and O–H groups in total. The van der Waals surface area contributed by atoms with Crippen LogP contribution in [0.5, 0.6) is 11.5 Å². The molecule has 0 atom stereocenters. The molecule has 3 amide bonds. The smallest absolute Gasteiger partial charge is 0.294 e. The Kier molecular flexibility index (Phi) is 10.0. The first kappa shape index (κ1) is 28.8. The molecule has 0 radical (unpaired) electrons. The Hall–Kier alpha value is -2.20. The Morgan fingerprint density at radius 3 is 2.50 bits per heavy atom. The van der Waals surface area contributed by atoms with E-state index in [1.54, 1.807) is 41.3 Å². The number of benzene rings is 2. The minimum Gasteiger partial charge on any atom is -0.490 e. The van der Waals surface area contributed by atoms with Crippen LogP contribution in [0, 0.1) is 0 Å². The number of hydrogen-bond acceptors (Lipinski definition) is 6. The number of likely N-dealkylation sites (tertiary alicyclic amines) is 1. The van der Waals surface area contributed by atoms with Gasteiger partial charge in [-0.25, -0.2) is 0 Å². The van der Waals surface area contributed by atoms with Crippen LogP contribution in [0.15, 0.2) is 39.7 Å². The van der Waals surface area contributed by atoms with Crippen molar-refractivity contribution in [3.05, 3.63) is 60.9 Å². The molecule has 0 bridgehead atoms. The zero-order valence-corrected chi connectivity index (χ0v) is 24.7. The van der Waals surface area contributed by atoms with Crippen molar-refractivity contribution in [1.82, 2.24) is 9.80 Å². The van der Waals surface area contributed by atoms with E-state index in [4.69, 9.17) is 32.7 Å². The van der Waals surface area contributed by atoms with Crippen LogP contribution < -0.4 is 9.47 Å². The molecule has 0 aromatic heterocycles. The standard InChI is InChI=1S/C27H27BrCl2N2O5S/c1-2-36-22-12-17(11-20(28)25(22)37-16-18-7-8-19(29)14-21(18)30)13-23-26(34)32(27(35)38-23)15-24(33)31-9-5-3-4-6-10-31/h7-8,11-14H,2-6,9-10,15-16H2,1H3. The Balaban J connectivity index is 1.50. The van der Waals surface area contributed by atoms with Gasteiger partial charge in [-0.1, -0.05) is 42.1 Å². The predicted octanol–water partition coefficient (Wildman–Crippen LogP) is 7.17. The number of imide groups is 1. The number of nitrogens with zero attached hydrogens (tertiary/aromatic N) is 2. The summed E-state index contributed by atoms with van der Waals surface area (Å²) in [5.74, 6) is 0.272. The molecule has 0 spiro atoms. The minimum absolute atomic E-state index is 0.192. The average molecular weight is 642 g/mol. The third-order valence-electron chi connectivity index (χ3n) is 6.14. The second kappa shape index (κ2) is 13.2. The van der Waals surface area contributed by atoms with Crippen molar-refractivity contribution < 1.29 is 23.9 Å². The summed E-state index contributed by atoms with van der Waals surface area (Å²) in [6, 6.07) is 8.70. The molecule has 2 aromatic rings. The van der Waals surface area contributed by atoms with Crippen molar-refractivity contribution in [1.29, 1.82) is 0 Å². The van der Waals surface area contributed by atoms with Crippen molar-refractivity contribution in [3.8, 4) is 11.5 Å². The van der Waals surface area contributed by atoms with Crippen LogP contribution in [0.4, 0.5) is 4.79 Å². The van der Waals surface area contributed by atoms with Crippen LogP contribution in [0.25, 0.3) is 6.08 Å². The number of carbonyl (C=O) groups excluding carboxylic acids is 3. The second-order valence-electron chi connectivity index (χ2n) is 8.85. The molecule has 0 saturated carbocycles. The van der Waals surface area contributed by atoms with Gasteiger partial charge in [0, 0.05) is 28.7 Å². The Morgan fingerprint density at radius 2 is 1.82 bits per heavy atom. The van der Waals surface area contributed by atoms with E-state index in [1.807, 2.05) is 6.92 Å². The molecule has 2 saturated heterocycles.